The fourth-order valence-electron chi connectivity index (χ4n) is 1.41. The van der Waals surface area contributed by atoms with Gasteiger partial charge in [-0.25, -0.2) is 13.8 Å². The largest absolute Gasteiger partial charge is 0.263 e. The van der Waals surface area contributed by atoms with Crippen LogP contribution < -0.4 is 0 Å². The van der Waals surface area contributed by atoms with E-state index in [2.05, 4.69) is 4.98 Å². The summed E-state index contributed by atoms with van der Waals surface area (Å²) in [6, 6.07) is 7.80. The summed E-state index contributed by atoms with van der Waals surface area (Å²) in [4.78, 5) is 3.82. The van der Waals surface area contributed by atoms with Crippen molar-refractivity contribution in [2.75, 3.05) is 0 Å². The minimum Gasteiger partial charge on any atom is -0.245 e. The SMILES string of the molecule is N#Cc1nccc2ccc(C(F)F)cc12. The Kier molecular flexibility index (Phi) is 2.30. The van der Waals surface area contributed by atoms with Gasteiger partial charge in [-0.3, -0.25) is 0 Å². The highest BCUT2D eigenvalue weighted by atomic mass is 19.3. The topological polar surface area (TPSA) is 36.7 Å². The lowest BCUT2D eigenvalue weighted by molar-refractivity contribution is 0.151. The summed E-state index contributed by atoms with van der Waals surface area (Å²) in [7, 11) is 0. The van der Waals surface area contributed by atoms with Crippen molar-refractivity contribution in [3.63, 3.8) is 0 Å². The molecule has 0 aliphatic rings. The molecule has 0 amide bonds. The van der Waals surface area contributed by atoms with Crippen molar-refractivity contribution in [2.24, 2.45) is 0 Å². The number of hydrogen-bond donors (Lipinski definition) is 0. The Morgan fingerprint density at radius 3 is 2.73 bits per heavy atom. The molecule has 0 saturated heterocycles. The molecule has 0 aliphatic carbocycles. The fourth-order valence-corrected chi connectivity index (χ4v) is 1.41. The van der Waals surface area contributed by atoms with Gasteiger partial charge in [0.25, 0.3) is 6.43 Å². The number of benzene rings is 1. The number of hydrogen-bond acceptors (Lipinski definition) is 2. The first-order valence-corrected chi connectivity index (χ1v) is 4.29. The van der Waals surface area contributed by atoms with Crippen LogP contribution in [0.5, 0.6) is 0 Å². The Morgan fingerprint density at radius 2 is 2.07 bits per heavy atom. The number of rotatable bonds is 1. The van der Waals surface area contributed by atoms with Crippen LogP contribution in [-0.4, -0.2) is 4.98 Å². The normalized spacial score (nSPS) is 10.5. The highest BCUT2D eigenvalue weighted by Gasteiger charge is 2.09. The zero-order valence-corrected chi connectivity index (χ0v) is 7.61. The lowest BCUT2D eigenvalue weighted by Crippen LogP contribution is -1.88. The summed E-state index contributed by atoms with van der Waals surface area (Å²) in [6.07, 6.45) is -1.04. The van der Waals surface area contributed by atoms with E-state index in [9.17, 15) is 8.78 Å². The Balaban J connectivity index is 2.74. The van der Waals surface area contributed by atoms with Gasteiger partial charge in [0.1, 0.15) is 11.8 Å². The Bertz CT molecular complexity index is 544. The average molecular weight is 204 g/mol. The highest BCUT2D eigenvalue weighted by molar-refractivity contribution is 5.86. The van der Waals surface area contributed by atoms with Gasteiger partial charge in [0, 0.05) is 17.1 Å². The zero-order valence-electron chi connectivity index (χ0n) is 7.61. The third kappa shape index (κ3) is 1.64. The van der Waals surface area contributed by atoms with E-state index in [1.54, 1.807) is 12.1 Å². The van der Waals surface area contributed by atoms with Gasteiger partial charge in [-0.1, -0.05) is 12.1 Å². The van der Waals surface area contributed by atoms with Gasteiger partial charge in [0.2, 0.25) is 0 Å². The summed E-state index contributed by atoms with van der Waals surface area (Å²) in [6.45, 7) is 0. The van der Waals surface area contributed by atoms with Crippen molar-refractivity contribution in [1.29, 1.82) is 5.26 Å². The molecule has 0 N–H and O–H groups in total. The molecular weight excluding hydrogens is 198 g/mol. The number of fused-ring (bicyclic) bond motifs is 1. The number of aromatic nitrogens is 1. The van der Waals surface area contributed by atoms with E-state index in [0.29, 0.717) is 5.39 Å². The smallest absolute Gasteiger partial charge is 0.245 e. The molecule has 0 bridgehead atoms. The van der Waals surface area contributed by atoms with Crippen LogP contribution in [0.25, 0.3) is 10.8 Å². The van der Waals surface area contributed by atoms with Crippen LogP contribution in [0.2, 0.25) is 0 Å². The van der Waals surface area contributed by atoms with Gasteiger partial charge in [0.05, 0.1) is 0 Å². The molecule has 1 aromatic heterocycles. The third-order valence-electron chi connectivity index (χ3n) is 2.15. The Labute approximate surface area is 84.8 Å². The molecule has 15 heavy (non-hydrogen) atoms. The van der Waals surface area contributed by atoms with Gasteiger partial charge in [-0.15, -0.1) is 0 Å². The predicted octanol–water partition coefficient (Wildman–Crippen LogP) is 3.04. The monoisotopic (exact) mass is 204 g/mol. The maximum atomic E-state index is 12.4. The second kappa shape index (κ2) is 3.62. The van der Waals surface area contributed by atoms with Crippen molar-refractivity contribution in [2.45, 2.75) is 6.43 Å². The van der Waals surface area contributed by atoms with E-state index in [0.717, 1.165) is 5.39 Å². The Morgan fingerprint density at radius 1 is 1.27 bits per heavy atom. The van der Waals surface area contributed by atoms with Crippen LogP contribution in [0.1, 0.15) is 17.7 Å². The first-order valence-electron chi connectivity index (χ1n) is 4.29. The number of nitrogens with zero attached hydrogens (tertiary/aromatic N) is 2. The lowest BCUT2D eigenvalue weighted by atomic mass is 10.1. The molecule has 74 valence electrons. The molecule has 2 nitrogen and oxygen atoms in total. The number of halogens is 2. The minimum atomic E-state index is -2.53. The average Bonchev–Trinajstić information content (AvgIpc) is 2.27. The van der Waals surface area contributed by atoms with Crippen molar-refractivity contribution in [3.8, 4) is 6.07 Å². The number of alkyl halides is 2. The maximum Gasteiger partial charge on any atom is 0.263 e. The maximum absolute atomic E-state index is 12.4. The number of nitriles is 1. The van der Waals surface area contributed by atoms with E-state index in [1.807, 2.05) is 6.07 Å². The molecule has 2 aromatic rings. The van der Waals surface area contributed by atoms with E-state index in [1.165, 1.54) is 18.3 Å². The molecule has 1 aromatic carbocycles. The van der Waals surface area contributed by atoms with Gasteiger partial charge in [-0.2, -0.15) is 5.26 Å². The van der Waals surface area contributed by atoms with Gasteiger partial charge in [-0.05, 0) is 17.5 Å². The van der Waals surface area contributed by atoms with Crippen LogP contribution >= 0.6 is 0 Å². The molecular formula is C11H6F2N2. The molecule has 0 fully saturated rings. The standard InChI is InChI=1S/C11H6F2N2/c12-11(13)8-2-1-7-3-4-15-10(6-14)9(7)5-8/h1-5,11H. The zero-order chi connectivity index (χ0) is 10.8. The Hall–Kier alpha value is -2.02. The predicted molar refractivity (Wildman–Crippen MR) is 51.4 cm³/mol. The summed E-state index contributed by atoms with van der Waals surface area (Å²) in [5, 5.41) is 9.98. The van der Waals surface area contributed by atoms with Crippen LogP contribution in [0.3, 0.4) is 0 Å². The highest BCUT2D eigenvalue weighted by Crippen LogP contribution is 2.24. The van der Waals surface area contributed by atoms with Crippen molar-refractivity contribution >= 4 is 10.8 Å². The molecule has 4 heteroatoms. The second-order valence-electron chi connectivity index (χ2n) is 3.05. The quantitative estimate of drug-likeness (QED) is 0.715. The van der Waals surface area contributed by atoms with E-state index < -0.39 is 6.43 Å². The summed E-state index contributed by atoms with van der Waals surface area (Å²) < 4.78 is 24.9. The lowest BCUT2D eigenvalue weighted by Gasteiger charge is -2.02. The summed E-state index contributed by atoms with van der Waals surface area (Å²) >= 11 is 0. The first-order chi connectivity index (χ1) is 7.22. The molecule has 2 rings (SSSR count). The van der Waals surface area contributed by atoms with Crippen LogP contribution in [0, 0.1) is 11.3 Å². The summed E-state index contributed by atoms with van der Waals surface area (Å²) in [5.74, 6) is 0. The molecule has 0 atom stereocenters. The van der Waals surface area contributed by atoms with Gasteiger partial charge in [0.15, 0.2) is 0 Å². The fraction of sp³-hybridized carbons (Fsp3) is 0.0909. The van der Waals surface area contributed by atoms with Crippen LogP contribution in [-0.2, 0) is 0 Å². The first kappa shape index (κ1) is 9.53. The molecule has 0 aliphatic heterocycles. The molecule has 0 radical (unpaired) electrons. The molecule has 0 unspecified atom stereocenters. The van der Waals surface area contributed by atoms with Crippen molar-refractivity contribution in [3.05, 3.63) is 41.7 Å². The van der Waals surface area contributed by atoms with Gasteiger partial charge < -0.3 is 0 Å². The van der Waals surface area contributed by atoms with Crippen LogP contribution in [0.4, 0.5) is 8.78 Å². The van der Waals surface area contributed by atoms with Gasteiger partial charge >= 0.3 is 0 Å². The van der Waals surface area contributed by atoms with Crippen LogP contribution in [0.15, 0.2) is 30.5 Å². The third-order valence-corrected chi connectivity index (χ3v) is 2.15. The van der Waals surface area contributed by atoms with E-state index in [4.69, 9.17) is 5.26 Å². The van der Waals surface area contributed by atoms with Crippen molar-refractivity contribution in [1.82, 2.24) is 4.98 Å². The van der Waals surface area contributed by atoms with E-state index >= 15 is 0 Å². The molecule has 1 heterocycles. The van der Waals surface area contributed by atoms with E-state index in [-0.39, 0.29) is 11.3 Å². The summed E-state index contributed by atoms with van der Waals surface area (Å²) in [5.41, 5.74) is 0.0852. The van der Waals surface area contributed by atoms with Crippen molar-refractivity contribution < 1.29 is 8.78 Å². The number of pyridine rings is 1. The molecule has 0 spiro atoms. The molecule has 0 saturated carbocycles. The minimum absolute atomic E-state index is 0.0907. The second-order valence-corrected chi connectivity index (χ2v) is 3.05.